The van der Waals surface area contributed by atoms with Gasteiger partial charge in [0, 0.05) is 25.5 Å². The molecule has 0 aliphatic rings. The fourth-order valence-electron chi connectivity index (χ4n) is 2.35. The molecule has 0 bridgehead atoms. The average molecular weight is 338 g/mol. The molecule has 1 atom stereocenters. The average Bonchev–Trinajstić information content (AvgIpc) is 2.75. The highest BCUT2D eigenvalue weighted by molar-refractivity contribution is 7.71. The van der Waals surface area contributed by atoms with Gasteiger partial charge in [-0.15, -0.1) is 0 Å². The molecule has 6 nitrogen and oxygen atoms in total. The van der Waals surface area contributed by atoms with Crippen LogP contribution in [0, 0.1) is 10.6 Å². The van der Waals surface area contributed by atoms with Gasteiger partial charge in [-0.25, -0.2) is 4.39 Å². The number of aryl methyl sites for hydroxylation is 1. The number of aromatic nitrogens is 3. The third-order valence-electron chi connectivity index (χ3n) is 3.56. The number of carbonyl (C=O) groups is 1. The van der Waals surface area contributed by atoms with Gasteiger partial charge in [0.15, 0.2) is 6.67 Å². The van der Waals surface area contributed by atoms with Crippen LogP contribution in [0.3, 0.4) is 0 Å². The van der Waals surface area contributed by atoms with Crippen LogP contribution in [0.25, 0.3) is 0 Å². The molecule has 8 heteroatoms. The molecule has 0 radical (unpaired) electrons. The van der Waals surface area contributed by atoms with E-state index in [0.717, 1.165) is 22.8 Å². The van der Waals surface area contributed by atoms with Crippen molar-refractivity contribution in [3.63, 3.8) is 0 Å². The first kappa shape index (κ1) is 17.3. The van der Waals surface area contributed by atoms with Gasteiger partial charge in [-0.1, -0.05) is 12.1 Å². The molecule has 1 amide bonds. The predicted octanol–water partition coefficient (Wildman–Crippen LogP) is 0.180. The highest BCUT2D eigenvalue weighted by atomic mass is 32.1. The van der Waals surface area contributed by atoms with Gasteiger partial charge in [-0.05, 0) is 24.4 Å². The molecular weight excluding hydrogens is 317 g/mol. The van der Waals surface area contributed by atoms with Crippen LogP contribution in [0.4, 0.5) is 4.39 Å². The fourth-order valence-corrected chi connectivity index (χ4v) is 2.56. The molecule has 1 aromatic carbocycles. The molecule has 0 fully saturated rings. The molecule has 2 rings (SSSR count). The minimum atomic E-state index is -0.357. The van der Waals surface area contributed by atoms with E-state index >= 15 is 0 Å². The summed E-state index contributed by atoms with van der Waals surface area (Å²) in [4.78, 5) is 12.1. The molecule has 0 spiro atoms. The molecule has 1 heterocycles. The number of amides is 1. The number of carbonyl (C=O) groups excluding carboxylic acids is 1. The smallest absolute Gasteiger partial charge is 0.217 e. The number of quaternary nitrogens is 1. The first-order valence-electron chi connectivity index (χ1n) is 7.33. The van der Waals surface area contributed by atoms with E-state index in [1.807, 2.05) is 14.1 Å². The minimum absolute atomic E-state index is 0.238. The lowest BCUT2D eigenvalue weighted by Gasteiger charge is -2.13. The summed E-state index contributed by atoms with van der Waals surface area (Å²) in [7, 11) is 3.85. The Labute approximate surface area is 139 Å². The Morgan fingerprint density at radius 1 is 1.39 bits per heavy atom. The predicted molar refractivity (Wildman–Crippen MR) is 86.5 cm³/mol. The maximum Gasteiger partial charge on any atom is 0.217 e. The lowest BCUT2D eigenvalue weighted by Crippen LogP contribution is -3.07. The lowest BCUT2D eigenvalue weighted by molar-refractivity contribution is -0.917. The second-order valence-electron chi connectivity index (χ2n) is 5.64. The number of halogens is 1. The number of rotatable bonds is 7. The molecule has 1 aromatic heterocycles. The van der Waals surface area contributed by atoms with Crippen LogP contribution in [0.15, 0.2) is 24.3 Å². The Morgan fingerprint density at radius 2 is 2.04 bits per heavy atom. The number of benzene rings is 1. The standard InChI is InChI=1S/C15H20FN5OS/c1-19(9-11-3-5-12(16)6-4-11)10-21-15(23)20(2)14(18-21)8-7-13(17)22/h3-6H,7-10H2,1-2H3,(H2,17,22)/p+1. The summed E-state index contributed by atoms with van der Waals surface area (Å²) in [6.45, 7) is 1.32. The summed E-state index contributed by atoms with van der Waals surface area (Å²) in [5, 5.41) is 4.46. The topological polar surface area (TPSA) is 70.3 Å². The van der Waals surface area contributed by atoms with Crippen molar-refractivity contribution in [1.29, 1.82) is 0 Å². The van der Waals surface area contributed by atoms with Gasteiger partial charge in [0.05, 0.1) is 7.05 Å². The summed E-state index contributed by atoms with van der Waals surface area (Å²) < 4.78 is 17.1. The molecule has 1 unspecified atom stereocenters. The molecule has 2 aromatic rings. The van der Waals surface area contributed by atoms with Crippen molar-refractivity contribution in [2.24, 2.45) is 12.8 Å². The maximum absolute atomic E-state index is 12.9. The number of nitrogens with one attached hydrogen (secondary N) is 1. The Morgan fingerprint density at radius 3 is 2.65 bits per heavy atom. The first-order valence-corrected chi connectivity index (χ1v) is 7.74. The number of nitrogens with zero attached hydrogens (tertiary/aromatic N) is 3. The van der Waals surface area contributed by atoms with E-state index in [-0.39, 0.29) is 18.1 Å². The Kier molecular flexibility index (Phi) is 5.62. The van der Waals surface area contributed by atoms with Crippen molar-refractivity contribution >= 4 is 18.1 Å². The SMILES string of the molecule is Cn1c(CCC(N)=O)nn(C[NH+](C)Cc2ccc(F)cc2)c1=S. The van der Waals surface area contributed by atoms with Gasteiger partial charge < -0.3 is 15.2 Å². The molecule has 0 aliphatic heterocycles. The zero-order valence-electron chi connectivity index (χ0n) is 13.3. The molecule has 0 saturated carbocycles. The van der Waals surface area contributed by atoms with Crippen LogP contribution >= 0.6 is 12.2 Å². The van der Waals surface area contributed by atoms with Crippen molar-refractivity contribution in [3.05, 3.63) is 46.2 Å². The normalized spacial score (nSPS) is 12.3. The van der Waals surface area contributed by atoms with Gasteiger partial charge >= 0.3 is 0 Å². The number of hydrogen-bond acceptors (Lipinski definition) is 3. The second-order valence-corrected chi connectivity index (χ2v) is 6.01. The number of primary amides is 1. The Bertz CT molecular complexity index is 737. The second kappa shape index (κ2) is 7.47. The highest BCUT2D eigenvalue weighted by Crippen LogP contribution is 2.03. The van der Waals surface area contributed by atoms with Crippen LogP contribution in [0.2, 0.25) is 0 Å². The van der Waals surface area contributed by atoms with Crippen molar-refractivity contribution < 1.29 is 14.1 Å². The van der Waals surface area contributed by atoms with Gasteiger partial charge in [0.1, 0.15) is 18.2 Å². The summed E-state index contributed by atoms with van der Waals surface area (Å²) in [6, 6.07) is 6.46. The minimum Gasteiger partial charge on any atom is -0.370 e. The monoisotopic (exact) mass is 338 g/mol. The lowest BCUT2D eigenvalue weighted by atomic mass is 10.2. The van der Waals surface area contributed by atoms with Gasteiger partial charge in [0.2, 0.25) is 10.7 Å². The maximum atomic E-state index is 12.9. The van der Waals surface area contributed by atoms with Crippen LogP contribution in [-0.4, -0.2) is 27.3 Å². The molecule has 23 heavy (non-hydrogen) atoms. The van der Waals surface area contributed by atoms with Gasteiger partial charge in [-0.2, -0.15) is 9.78 Å². The number of nitrogens with two attached hydrogens (primary N) is 1. The van der Waals surface area contributed by atoms with Crippen molar-refractivity contribution in [2.45, 2.75) is 26.1 Å². The summed E-state index contributed by atoms with van der Waals surface area (Å²) in [5.41, 5.74) is 6.21. The summed E-state index contributed by atoms with van der Waals surface area (Å²) in [6.07, 6.45) is 0.720. The zero-order valence-corrected chi connectivity index (χ0v) is 14.1. The van der Waals surface area contributed by atoms with E-state index in [9.17, 15) is 9.18 Å². The Balaban J connectivity index is 2.04. The zero-order chi connectivity index (χ0) is 17.0. The van der Waals surface area contributed by atoms with E-state index < -0.39 is 0 Å². The first-order chi connectivity index (χ1) is 10.9. The van der Waals surface area contributed by atoms with Gasteiger partial charge in [-0.3, -0.25) is 4.79 Å². The van der Waals surface area contributed by atoms with E-state index in [1.165, 1.54) is 12.1 Å². The van der Waals surface area contributed by atoms with E-state index in [1.54, 1.807) is 21.4 Å². The van der Waals surface area contributed by atoms with Crippen LogP contribution in [0.1, 0.15) is 17.8 Å². The van der Waals surface area contributed by atoms with E-state index in [4.69, 9.17) is 18.0 Å². The molecule has 0 saturated heterocycles. The molecule has 124 valence electrons. The van der Waals surface area contributed by atoms with E-state index in [0.29, 0.717) is 17.9 Å². The number of hydrogen-bond donors (Lipinski definition) is 2. The molecule has 3 N–H and O–H groups in total. The largest absolute Gasteiger partial charge is 0.370 e. The van der Waals surface area contributed by atoms with Crippen LogP contribution in [-0.2, 0) is 31.5 Å². The van der Waals surface area contributed by atoms with Crippen LogP contribution < -0.4 is 10.6 Å². The third kappa shape index (κ3) is 4.70. The highest BCUT2D eigenvalue weighted by Gasteiger charge is 2.12. The quantitative estimate of drug-likeness (QED) is 0.708. The van der Waals surface area contributed by atoms with Crippen molar-refractivity contribution in [1.82, 2.24) is 14.3 Å². The van der Waals surface area contributed by atoms with Crippen molar-refractivity contribution in [3.8, 4) is 0 Å². The molecular formula is C15H21FN5OS+. The van der Waals surface area contributed by atoms with Crippen LogP contribution in [0.5, 0.6) is 0 Å². The van der Waals surface area contributed by atoms with Gasteiger partial charge in [0.25, 0.3) is 0 Å². The Hall–Kier alpha value is -2.06. The summed E-state index contributed by atoms with van der Waals surface area (Å²) in [5.74, 6) is 0.144. The van der Waals surface area contributed by atoms with Crippen molar-refractivity contribution in [2.75, 3.05) is 7.05 Å². The third-order valence-corrected chi connectivity index (χ3v) is 4.05. The molecule has 0 aliphatic carbocycles. The fraction of sp³-hybridized carbons (Fsp3) is 0.400. The van der Waals surface area contributed by atoms with E-state index in [2.05, 4.69) is 5.10 Å². The summed E-state index contributed by atoms with van der Waals surface area (Å²) >= 11 is 5.38.